The number of nitrogens with zero attached hydrogens (tertiary/aromatic N) is 5. The number of nitrogens with one attached hydrogen (secondary N) is 1. The van der Waals surface area contributed by atoms with Gasteiger partial charge in [-0.2, -0.15) is 10.1 Å². The van der Waals surface area contributed by atoms with Gasteiger partial charge in [0.1, 0.15) is 11.5 Å². The van der Waals surface area contributed by atoms with E-state index in [2.05, 4.69) is 28.3 Å². The molecule has 0 amide bonds. The largest absolute Gasteiger partial charge is 0.463 e. The summed E-state index contributed by atoms with van der Waals surface area (Å²) in [6.07, 6.45) is 8.13. The Hall–Kier alpha value is -2.87. The van der Waals surface area contributed by atoms with Crippen LogP contribution in [0.3, 0.4) is 0 Å². The standard InChI is InChI=1S/C26H34N6O2/c1-17-5-6-20-24(17)25(27-19-9-14-33-15-10-19)29-26(28-20)32-11-7-18(8-12-32)22-16-21(30-31(22)2)23-4-3-13-34-23/h3-4,13,16-19H,5-12,14-15H2,1-2H3,(H,27,28,29). The molecule has 3 aliphatic rings. The monoisotopic (exact) mass is 462 g/mol. The molecule has 1 atom stereocenters. The first-order valence-corrected chi connectivity index (χ1v) is 12.7. The van der Waals surface area contributed by atoms with Crippen LogP contribution in [0.15, 0.2) is 28.9 Å². The van der Waals surface area contributed by atoms with Crippen LogP contribution in [-0.4, -0.2) is 52.1 Å². The minimum absolute atomic E-state index is 0.437. The molecule has 0 radical (unpaired) electrons. The van der Waals surface area contributed by atoms with E-state index in [9.17, 15) is 0 Å². The second kappa shape index (κ2) is 9.06. The SMILES string of the molecule is CC1CCc2nc(N3CCC(c4cc(-c5ccco5)nn4C)CC3)nc(NC3CCOCC3)c21. The third kappa shape index (κ3) is 4.08. The molecule has 8 nitrogen and oxygen atoms in total. The zero-order valence-electron chi connectivity index (χ0n) is 20.2. The molecular weight excluding hydrogens is 428 g/mol. The van der Waals surface area contributed by atoms with E-state index in [-0.39, 0.29) is 0 Å². The summed E-state index contributed by atoms with van der Waals surface area (Å²) < 4.78 is 13.1. The third-order valence-corrected chi connectivity index (χ3v) is 7.77. The van der Waals surface area contributed by atoms with Gasteiger partial charge in [-0.3, -0.25) is 4.68 Å². The minimum atomic E-state index is 0.437. The van der Waals surface area contributed by atoms with Gasteiger partial charge in [-0.1, -0.05) is 6.92 Å². The number of aryl methyl sites for hydroxylation is 2. The Labute approximate surface area is 200 Å². The zero-order valence-corrected chi connectivity index (χ0v) is 20.2. The lowest BCUT2D eigenvalue weighted by Crippen LogP contribution is -2.35. The molecule has 1 aliphatic carbocycles. The van der Waals surface area contributed by atoms with Crippen molar-refractivity contribution in [3.8, 4) is 11.5 Å². The molecule has 8 heteroatoms. The van der Waals surface area contributed by atoms with Crippen LogP contribution in [-0.2, 0) is 18.2 Å². The first-order valence-electron chi connectivity index (χ1n) is 12.7. The summed E-state index contributed by atoms with van der Waals surface area (Å²) in [7, 11) is 2.03. The maximum atomic E-state index is 5.56. The number of ether oxygens (including phenoxy) is 1. The maximum absolute atomic E-state index is 5.56. The van der Waals surface area contributed by atoms with E-state index in [1.54, 1.807) is 6.26 Å². The van der Waals surface area contributed by atoms with Crippen LogP contribution < -0.4 is 10.2 Å². The van der Waals surface area contributed by atoms with Crippen molar-refractivity contribution in [3.63, 3.8) is 0 Å². The van der Waals surface area contributed by atoms with Gasteiger partial charge in [0, 0.05) is 56.6 Å². The van der Waals surface area contributed by atoms with Crippen LogP contribution >= 0.6 is 0 Å². The molecule has 0 aromatic carbocycles. The van der Waals surface area contributed by atoms with Gasteiger partial charge in [-0.25, -0.2) is 4.98 Å². The topological polar surface area (TPSA) is 81.2 Å². The Bertz CT molecular complexity index is 1130. The number of anilines is 2. The average Bonchev–Trinajstić information content (AvgIpc) is 3.60. The smallest absolute Gasteiger partial charge is 0.227 e. The highest BCUT2D eigenvalue weighted by molar-refractivity contribution is 5.56. The number of fused-ring (bicyclic) bond motifs is 1. The summed E-state index contributed by atoms with van der Waals surface area (Å²) in [5.41, 5.74) is 4.76. The van der Waals surface area contributed by atoms with Crippen molar-refractivity contribution >= 4 is 11.8 Å². The van der Waals surface area contributed by atoms with E-state index in [0.717, 1.165) is 88.0 Å². The molecule has 6 rings (SSSR count). The molecule has 0 bridgehead atoms. The summed E-state index contributed by atoms with van der Waals surface area (Å²) in [4.78, 5) is 12.5. The van der Waals surface area contributed by atoms with Crippen molar-refractivity contribution in [2.75, 3.05) is 36.5 Å². The van der Waals surface area contributed by atoms with Crippen molar-refractivity contribution in [1.29, 1.82) is 0 Å². The number of furan rings is 1. The summed E-state index contributed by atoms with van der Waals surface area (Å²) in [6, 6.07) is 6.49. The molecule has 2 fully saturated rings. The predicted octanol–water partition coefficient (Wildman–Crippen LogP) is 4.49. The maximum Gasteiger partial charge on any atom is 0.227 e. The van der Waals surface area contributed by atoms with E-state index in [1.807, 2.05) is 23.9 Å². The lowest BCUT2D eigenvalue weighted by molar-refractivity contribution is 0.0903. The fourth-order valence-electron chi connectivity index (χ4n) is 5.78. The summed E-state index contributed by atoms with van der Waals surface area (Å²) >= 11 is 0. The lowest BCUT2D eigenvalue weighted by Gasteiger charge is -2.33. The number of hydrogen-bond donors (Lipinski definition) is 1. The van der Waals surface area contributed by atoms with E-state index >= 15 is 0 Å². The van der Waals surface area contributed by atoms with Crippen molar-refractivity contribution in [2.45, 2.75) is 63.3 Å². The van der Waals surface area contributed by atoms with Gasteiger partial charge in [0.2, 0.25) is 5.95 Å². The van der Waals surface area contributed by atoms with Crippen molar-refractivity contribution in [3.05, 3.63) is 41.4 Å². The van der Waals surface area contributed by atoms with Gasteiger partial charge in [0.15, 0.2) is 5.76 Å². The summed E-state index contributed by atoms with van der Waals surface area (Å²) in [5.74, 6) is 3.78. The fraction of sp³-hybridized carbons (Fsp3) is 0.577. The Morgan fingerprint density at radius 2 is 1.88 bits per heavy atom. The normalized spacial score (nSPS) is 21.7. The van der Waals surface area contributed by atoms with Crippen LogP contribution in [0.1, 0.15) is 67.8 Å². The second-order valence-corrected chi connectivity index (χ2v) is 10.0. The van der Waals surface area contributed by atoms with Crippen molar-refractivity contribution in [2.24, 2.45) is 7.05 Å². The van der Waals surface area contributed by atoms with Crippen LogP contribution in [0, 0.1) is 0 Å². The van der Waals surface area contributed by atoms with Crippen LogP contribution in [0.2, 0.25) is 0 Å². The van der Waals surface area contributed by atoms with Gasteiger partial charge in [-0.05, 0) is 62.6 Å². The predicted molar refractivity (Wildman–Crippen MR) is 131 cm³/mol. The van der Waals surface area contributed by atoms with E-state index in [1.165, 1.54) is 17.0 Å². The molecule has 5 heterocycles. The Balaban J connectivity index is 1.19. The summed E-state index contributed by atoms with van der Waals surface area (Å²) in [5, 5.41) is 8.46. The van der Waals surface area contributed by atoms with Gasteiger partial charge in [0.25, 0.3) is 0 Å². The number of piperidine rings is 1. The number of hydrogen-bond acceptors (Lipinski definition) is 7. The first-order chi connectivity index (χ1) is 16.7. The Morgan fingerprint density at radius 1 is 1.06 bits per heavy atom. The van der Waals surface area contributed by atoms with Gasteiger partial charge in [0.05, 0.1) is 12.0 Å². The molecule has 2 saturated heterocycles. The highest BCUT2D eigenvalue weighted by Gasteiger charge is 2.30. The third-order valence-electron chi connectivity index (χ3n) is 7.77. The fourth-order valence-corrected chi connectivity index (χ4v) is 5.78. The van der Waals surface area contributed by atoms with Gasteiger partial charge < -0.3 is 19.4 Å². The first kappa shape index (κ1) is 21.6. The second-order valence-electron chi connectivity index (χ2n) is 10.0. The Morgan fingerprint density at radius 3 is 2.65 bits per heavy atom. The lowest BCUT2D eigenvalue weighted by atomic mass is 9.93. The quantitative estimate of drug-likeness (QED) is 0.598. The zero-order chi connectivity index (χ0) is 23.1. The molecule has 180 valence electrons. The van der Waals surface area contributed by atoms with Crippen LogP contribution in [0.25, 0.3) is 11.5 Å². The average molecular weight is 463 g/mol. The van der Waals surface area contributed by atoms with E-state index in [0.29, 0.717) is 17.9 Å². The Kier molecular flexibility index (Phi) is 5.77. The molecule has 1 unspecified atom stereocenters. The van der Waals surface area contributed by atoms with Gasteiger partial charge >= 0.3 is 0 Å². The molecule has 3 aromatic heterocycles. The molecule has 34 heavy (non-hydrogen) atoms. The molecule has 0 saturated carbocycles. The van der Waals surface area contributed by atoms with Crippen molar-refractivity contribution in [1.82, 2.24) is 19.7 Å². The van der Waals surface area contributed by atoms with Crippen molar-refractivity contribution < 1.29 is 9.15 Å². The van der Waals surface area contributed by atoms with Crippen LogP contribution in [0.4, 0.5) is 11.8 Å². The van der Waals surface area contributed by atoms with E-state index in [4.69, 9.17) is 19.1 Å². The van der Waals surface area contributed by atoms with E-state index < -0.39 is 0 Å². The molecule has 3 aromatic rings. The molecule has 1 N–H and O–H groups in total. The number of aromatic nitrogens is 4. The minimum Gasteiger partial charge on any atom is -0.463 e. The van der Waals surface area contributed by atoms with Crippen LogP contribution in [0.5, 0.6) is 0 Å². The summed E-state index contributed by atoms with van der Waals surface area (Å²) in [6.45, 7) is 5.88. The highest BCUT2D eigenvalue weighted by atomic mass is 16.5. The molecule has 2 aliphatic heterocycles. The molecular formula is C26H34N6O2. The van der Waals surface area contributed by atoms with Gasteiger partial charge in [-0.15, -0.1) is 0 Å². The highest BCUT2D eigenvalue weighted by Crippen LogP contribution is 2.39. The molecule has 0 spiro atoms. The number of rotatable bonds is 5.